The van der Waals surface area contributed by atoms with Crippen LogP contribution in [-0.2, 0) is 7.05 Å². The zero-order valence-electron chi connectivity index (χ0n) is 9.95. The number of aromatic nitrogens is 1. The van der Waals surface area contributed by atoms with Crippen molar-refractivity contribution in [2.24, 2.45) is 18.9 Å². The molecule has 0 saturated heterocycles. The van der Waals surface area contributed by atoms with E-state index in [1.54, 1.807) is 0 Å². The van der Waals surface area contributed by atoms with Crippen molar-refractivity contribution in [2.45, 2.75) is 31.7 Å². The highest BCUT2D eigenvalue weighted by Gasteiger charge is 2.42. The third-order valence-corrected chi connectivity index (χ3v) is 4.20. The summed E-state index contributed by atoms with van der Waals surface area (Å²) < 4.78 is 2.83. The van der Waals surface area contributed by atoms with E-state index in [0.717, 1.165) is 22.0 Å². The van der Waals surface area contributed by atoms with Crippen molar-refractivity contribution in [2.75, 3.05) is 0 Å². The third-order valence-electron chi connectivity index (χ3n) is 3.76. The first-order valence-electron chi connectivity index (χ1n) is 6.28. The van der Waals surface area contributed by atoms with Crippen LogP contribution in [0.1, 0.15) is 36.2 Å². The summed E-state index contributed by atoms with van der Waals surface area (Å²) in [5.41, 5.74) is 0.739. The molecule has 3 nitrogen and oxygen atoms in total. The second-order valence-corrected chi connectivity index (χ2v) is 6.24. The number of hydrogen-bond acceptors (Lipinski definition) is 1. The van der Waals surface area contributed by atoms with Gasteiger partial charge in [-0.05, 0) is 59.5 Å². The molecule has 0 spiro atoms. The Hall–Kier alpha value is -0.770. The Bertz CT molecular complexity index is 434. The SMILES string of the molecule is Cn1cc(Br)cc1C(=O)NC(C1CC1)C1CC1. The van der Waals surface area contributed by atoms with E-state index >= 15 is 0 Å². The number of nitrogens with one attached hydrogen (secondary N) is 1. The lowest BCUT2D eigenvalue weighted by atomic mass is 10.1. The fraction of sp³-hybridized carbons (Fsp3) is 0.615. The molecule has 2 aliphatic rings. The predicted molar refractivity (Wildman–Crippen MR) is 69.8 cm³/mol. The number of carbonyl (C=O) groups excluding carboxylic acids is 1. The highest BCUT2D eigenvalue weighted by Crippen LogP contribution is 2.44. The second-order valence-electron chi connectivity index (χ2n) is 5.33. The van der Waals surface area contributed by atoms with Crippen LogP contribution >= 0.6 is 15.9 Å². The average Bonchev–Trinajstić information content (AvgIpc) is 3.13. The molecule has 1 aromatic heterocycles. The normalized spacial score (nSPS) is 19.7. The van der Waals surface area contributed by atoms with Gasteiger partial charge in [-0.1, -0.05) is 0 Å². The molecule has 0 radical (unpaired) electrons. The Morgan fingerprint density at radius 2 is 2.00 bits per heavy atom. The van der Waals surface area contributed by atoms with Crippen molar-refractivity contribution in [3.8, 4) is 0 Å². The van der Waals surface area contributed by atoms with Crippen molar-refractivity contribution in [3.63, 3.8) is 0 Å². The molecule has 1 heterocycles. The van der Waals surface area contributed by atoms with Gasteiger partial charge in [0.2, 0.25) is 0 Å². The zero-order chi connectivity index (χ0) is 12.0. The van der Waals surface area contributed by atoms with E-state index in [1.807, 2.05) is 23.9 Å². The van der Waals surface area contributed by atoms with Crippen LogP contribution in [0.25, 0.3) is 0 Å². The maximum atomic E-state index is 12.2. The number of nitrogens with zero attached hydrogens (tertiary/aromatic N) is 1. The fourth-order valence-electron chi connectivity index (χ4n) is 2.51. The van der Waals surface area contributed by atoms with Crippen molar-refractivity contribution >= 4 is 21.8 Å². The molecule has 0 unspecified atom stereocenters. The van der Waals surface area contributed by atoms with Gasteiger partial charge in [0.05, 0.1) is 0 Å². The number of halogens is 1. The fourth-order valence-corrected chi connectivity index (χ4v) is 3.03. The predicted octanol–water partition coefficient (Wildman–Crippen LogP) is 2.71. The number of rotatable bonds is 4. The summed E-state index contributed by atoms with van der Waals surface area (Å²) >= 11 is 3.40. The van der Waals surface area contributed by atoms with Gasteiger partial charge in [-0.15, -0.1) is 0 Å². The Kier molecular flexibility index (Phi) is 2.77. The van der Waals surface area contributed by atoms with Gasteiger partial charge in [-0.3, -0.25) is 4.79 Å². The Balaban J connectivity index is 1.71. The van der Waals surface area contributed by atoms with E-state index in [0.29, 0.717) is 6.04 Å². The molecule has 2 saturated carbocycles. The number of hydrogen-bond donors (Lipinski definition) is 1. The highest BCUT2D eigenvalue weighted by molar-refractivity contribution is 9.10. The number of amides is 1. The van der Waals surface area contributed by atoms with Crippen molar-refractivity contribution in [1.29, 1.82) is 0 Å². The van der Waals surface area contributed by atoms with E-state index in [2.05, 4.69) is 21.2 Å². The molecule has 2 aliphatic carbocycles. The Morgan fingerprint density at radius 3 is 2.41 bits per heavy atom. The molecule has 0 atom stereocenters. The average molecular weight is 297 g/mol. The zero-order valence-corrected chi connectivity index (χ0v) is 11.5. The summed E-state index contributed by atoms with van der Waals surface area (Å²) in [6, 6.07) is 2.31. The van der Waals surface area contributed by atoms with Crippen LogP contribution in [0.3, 0.4) is 0 Å². The molecule has 0 bridgehead atoms. The maximum Gasteiger partial charge on any atom is 0.268 e. The molecular weight excluding hydrogens is 280 g/mol. The Morgan fingerprint density at radius 1 is 1.41 bits per heavy atom. The van der Waals surface area contributed by atoms with Crippen LogP contribution in [0.15, 0.2) is 16.7 Å². The summed E-state index contributed by atoms with van der Waals surface area (Å²) in [6.07, 6.45) is 7.07. The van der Waals surface area contributed by atoms with Crippen LogP contribution < -0.4 is 5.32 Å². The summed E-state index contributed by atoms with van der Waals surface area (Å²) in [6.45, 7) is 0. The molecule has 1 aromatic rings. The first-order chi connectivity index (χ1) is 8.15. The van der Waals surface area contributed by atoms with Crippen LogP contribution in [0.5, 0.6) is 0 Å². The van der Waals surface area contributed by atoms with Crippen LogP contribution in [0.4, 0.5) is 0 Å². The first-order valence-corrected chi connectivity index (χ1v) is 7.07. The largest absolute Gasteiger partial charge is 0.347 e. The van der Waals surface area contributed by atoms with Crippen molar-refractivity contribution < 1.29 is 4.79 Å². The van der Waals surface area contributed by atoms with Crippen molar-refractivity contribution in [3.05, 3.63) is 22.4 Å². The molecule has 1 N–H and O–H groups in total. The lowest BCUT2D eigenvalue weighted by Gasteiger charge is -2.17. The maximum absolute atomic E-state index is 12.2. The molecule has 0 aliphatic heterocycles. The molecule has 92 valence electrons. The molecule has 0 aromatic carbocycles. The molecule has 17 heavy (non-hydrogen) atoms. The van der Waals surface area contributed by atoms with E-state index in [4.69, 9.17) is 0 Å². The monoisotopic (exact) mass is 296 g/mol. The van der Waals surface area contributed by atoms with Gasteiger partial charge in [0.25, 0.3) is 5.91 Å². The lowest BCUT2D eigenvalue weighted by Crippen LogP contribution is -2.38. The van der Waals surface area contributed by atoms with E-state index in [1.165, 1.54) is 25.7 Å². The van der Waals surface area contributed by atoms with Gasteiger partial charge >= 0.3 is 0 Å². The summed E-state index contributed by atoms with van der Waals surface area (Å²) in [4.78, 5) is 12.2. The second kappa shape index (κ2) is 4.16. The van der Waals surface area contributed by atoms with Crippen LogP contribution in [-0.4, -0.2) is 16.5 Å². The quantitative estimate of drug-likeness (QED) is 0.911. The minimum absolute atomic E-state index is 0.0713. The minimum atomic E-state index is 0.0713. The van der Waals surface area contributed by atoms with Gasteiger partial charge in [0.1, 0.15) is 5.69 Å². The topological polar surface area (TPSA) is 34.0 Å². The molecule has 1 amide bonds. The first kappa shape index (κ1) is 11.3. The van der Waals surface area contributed by atoms with Gasteiger partial charge in [0.15, 0.2) is 0 Å². The molecule has 3 rings (SSSR count). The van der Waals surface area contributed by atoms with Gasteiger partial charge in [-0.2, -0.15) is 0 Å². The summed E-state index contributed by atoms with van der Waals surface area (Å²) in [5, 5.41) is 3.23. The van der Waals surface area contributed by atoms with Crippen LogP contribution in [0.2, 0.25) is 0 Å². The van der Waals surface area contributed by atoms with Crippen LogP contribution in [0, 0.1) is 11.8 Å². The molecular formula is C13H17BrN2O. The van der Waals surface area contributed by atoms with E-state index in [9.17, 15) is 4.79 Å². The van der Waals surface area contributed by atoms with E-state index in [-0.39, 0.29) is 5.91 Å². The molecule has 2 fully saturated rings. The van der Waals surface area contributed by atoms with Gasteiger partial charge in [0, 0.05) is 23.8 Å². The standard InChI is InChI=1S/C13H17BrN2O/c1-16-7-10(14)6-11(16)13(17)15-12(8-2-3-8)9-4-5-9/h6-9,12H,2-5H2,1H3,(H,15,17). The number of aryl methyl sites for hydroxylation is 1. The van der Waals surface area contributed by atoms with E-state index < -0.39 is 0 Å². The minimum Gasteiger partial charge on any atom is -0.347 e. The number of carbonyl (C=O) groups is 1. The lowest BCUT2D eigenvalue weighted by molar-refractivity contribution is 0.0918. The Labute approximate surface area is 110 Å². The van der Waals surface area contributed by atoms with Crippen molar-refractivity contribution in [1.82, 2.24) is 9.88 Å². The molecule has 4 heteroatoms. The van der Waals surface area contributed by atoms with Gasteiger partial charge < -0.3 is 9.88 Å². The summed E-state index contributed by atoms with van der Waals surface area (Å²) in [5.74, 6) is 1.56. The summed E-state index contributed by atoms with van der Waals surface area (Å²) in [7, 11) is 1.91. The van der Waals surface area contributed by atoms with Gasteiger partial charge in [-0.25, -0.2) is 0 Å². The smallest absolute Gasteiger partial charge is 0.268 e. The highest BCUT2D eigenvalue weighted by atomic mass is 79.9. The third kappa shape index (κ3) is 2.41.